The molecule has 0 radical (unpaired) electrons. The zero-order chi connectivity index (χ0) is 18.0. The van der Waals surface area contributed by atoms with Crippen LogP contribution in [0.4, 0.5) is 10.1 Å². The van der Waals surface area contributed by atoms with Crippen LogP contribution in [0.1, 0.15) is 16.7 Å². The quantitative estimate of drug-likeness (QED) is 0.570. The van der Waals surface area contributed by atoms with E-state index in [1.54, 1.807) is 30.4 Å². The first-order chi connectivity index (χ1) is 12.0. The van der Waals surface area contributed by atoms with Crippen molar-refractivity contribution in [2.24, 2.45) is 5.84 Å². The van der Waals surface area contributed by atoms with Gasteiger partial charge in [-0.15, -0.1) is 5.10 Å². The number of hydrazine groups is 1. The van der Waals surface area contributed by atoms with Gasteiger partial charge >= 0.3 is 0 Å². The fourth-order valence-corrected chi connectivity index (χ4v) is 2.67. The molecule has 0 saturated carbocycles. The topological polar surface area (TPSA) is 56.3 Å². The molecule has 3 aromatic rings. The van der Waals surface area contributed by atoms with Crippen LogP contribution in [0.2, 0.25) is 0 Å². The first-order valence-corrected chi connectivity index (χ1v) is 7.97. The van der Waals surface area contributed by atoms with Crippen molar-refractivity contribution in [1.82, 2.24) is 9.78 Å². The van der Waals surface area contributed by atoms with Gasteiger partial charge in [-0.2, -0.15) is 0 Å². The molecule has 2 aromatic carbocycles. The van der Waals surface area contributed by atoms with Gasteiger partial charge in [0.2, 0.25) is 5.88 Å². The summed E-state index contributed by atoms with van der Waals surface area (Å²) in [6, 6.07) is 12.6. The van der Waals surface area contributed by atoms with Gasteiger partial charge in [-0.1, -0.05) is 18.2 Å². The molecule has 1 aromatic heterocycles. The number of ether oxygens (including phenoxy) is 1. The summed E-state index contributed by atoms with van der Waals surface area (Å²) in [7, 11) is 1.78. The Morgan fingerprint density at radius 2 is 2.00 bits per heavy atom. The summed E-state index contributed by atoms with van der Waals surface area (Å²) >= 11 is 0. The van der Waals surface area contributed by atoms with Crippen molar-refractivity contribution in [3.8, 4) is 11.6 Å². The zero-order valence-electron chi connectivity index (χ0n) is 14.5. The number of hydrogen-bond acceptors (Lipinski definition) is 4. The molecule has 1 heterocycles. The highest BCUT2D eigenvalue weighted by molar-refractivity contribution is 5.55. The van der Waals surface area contributed by atoms with E-state index in [-0.39, 0.29) is 5.82 Å². The molecule has 0 bridgehead atoms. The minimum Gasteiger partial charge on any atom is -0.472 e. The molecule has 0 saturated heterocycles. The van der Waals surface area contributed by atoms with Crippen molar-refractivity contribution in [3.05, 3.63) is 71.2 Å². The average Bonchev–Trinajstić information content (AvgIpc) is 3.02. The molecule has 0 fully saturated rings. The summed E-state index contributed by atoms with van der Waals surface area (Å²) in [6.45, 7) is 4.18. The van der Waals surface area contributed by atoms with E-state index < -0.39 is 0 Å². The number of anilines is 1. The molecule has 2 N–H and O–H groups in total. The summed E-state index contributed by atoms with van der Waals surface area (Å²) < 4.78 is 21.3. The number of rotatable bonds is 5. The zero-order valence-corrected chi connectivity index (χ0v) is 14.5. The minimum absolute atomic E-state index is 0.319. The maximum Gasteiger partial charge on any atom is 0.233 e. The second-order valence-electron chi connectivity index (χ2n) is 6.03. The molecule has 5 nitrogen and oxygen atoms in total. The predicted molar refractivity (Wildman–Crippen MR) is 96.4 cm³/mol. The van der Waals surface area contributed by atoms with Gasteiger partial charge in [0.1, 0.15) is 18.1 Å². The van der Waals surface area contributed by atoms with Crippen molar-refractivity contribution >= 4 is 5.69 Å². The monoisotopic (exact) mass is 340 g/mol. The van der Waals surface area contributed by atoms with Crippen molar-refractivity contribution < 1.29 is 9.13 Å². The van der Waals surface area contributed by atoms with Gasteiger partial charge < -0.3 is 9.75 Å². The highest BCUT2D eigenvalue weighted by atomic mass is 19.1. The Morgan fingerprint density at radius 1 is 1.20 bits per heavy atom. The number of nitrogens with zero attached hydrogens (tertiary/aromatic N) is 3. The molecule has 3 rings (SSSR count). The first kappa shape index (κ1) is 17.0. The van der Waals surface area contributed by atoms with Crippen LogP contribution in [0.5, 0.6) is 5.88 Å². The van der Waals surface area contributed by atoms with Gasteiger partial charge in [-0.3, -0.25) is 0 Å². The van der Waals surface area contributed by atoms with E-state index in [1.165, 1.54) is 10.7 Å². The van der Waals surface area contributed by atoms with E-state index in [4.69, 9.17) is 10.6 Å². The Morgan fingerprint density at radius 3 is 2.72 bits per heavy atom. The van der Waals surface area contributed by atoms with Gasteiger partial charge in [0, 0.05) is 24.9 Å². The van der Waals surface area contributed by atoms with Gasteiger partial charge in [0.15, 0.2) is 0 Å². The molecule has 25 heavy (non-hydrogen) atoms. The Hall–Kier alpha value is -2.86. The van der Waals surface area contributed by atoms with Crippen LogP contribution >= 0.6 is 0 Å². The molecule has 0 aliphatic carbocycles. The number of aryl methyl sites for hydroxylation is 2. The largest absolute Gasteiger partial charge is 0.472 e. The lowest BCUT2D eigenvalue weighted by atomic mass is 10.1. The Labute approximate surface area is 146 Å². The molecule has 0 spiro atoms. The highest BCUT2D eigenvalue weighted by Gasteiger charge is 2.11. The number of halogens is 1. The van der Waals surface area contributed by atoms with E-state index in [0.717, 1.165) is 22.4 Å². The molecule has 0 unspecified atom stereocenters. The molecule has 6 heteroatoms. The third-order valence-corrected chi connectivity index (χ3v) is 4.04. The molecular weight excluding hydrogens is 319 g/mol. The van der Waals surface area contributed by atoms with Crippen LogP contribution < -0.4 is 15.6 Å². The fraction of sp³-hybridized carbons (Fsp3) is 0.211. The molecule has 0 atom stereocenters. The average molecular weight is 340 g/mol. The van der Waals surface area contributed by atoms with Crippen molar-refractivity contribution in [1.29, 1.82) is 0 Å². The van der Waals surface area contributed by atoms with Crippen LogP contribution in [0.3, 0.4) is 0 Å². The molecule has 0 amide bonds. The van der Waals surface area contributed by atoms with Gasteiger partial charge in [0.25, 0.3) is 0 Å². The standard InChI is InChI=1S/C19H21FN4O/c1-13-7-8-18(16(20)11-13)24-10-9-19(22-24)25-12-15-14(2)5-4-6-17(15)23(3)21/h4-11H,12,21H2,1-3H3. The van der Waals surface area contributed by atoms with Gasteiger partial charge in [0.05, 0.1) is 5.69 Å². The molecule has 130 valence electrons. The lowest BCUT2D eigenvalue weighted by molar-refractivity contribution is 0.291. The summed E-state index contributed by atoms with van der Waals surface area (Å²) in [5.41, 5.74) is 4.22. The second-order valence-corrected chi connectivity index (χ2v) is 6.03. The first-order valence-electron chi connectivity index (χ1n) is 7.97. The molecule has 0 aliphatic heterocycles. The number of benzene rings is 2. The summed E-state index contributed by atoms with van der Waals surface area (Å²) in [6.07, 6.45) is 1.68. The van der Waals surface area contributed by atoms with Gasteiger partial charge in [-0.05, 0) is 43.2 Å². The van der Waals surface area contributed by atoms with Crippen molar-refractivity contribution in [2.75, 3.05) is 12.1 Å². The van der Waals surface area contributed by atoms with Crippen LogP contribution in [0.25, 0.3) is 5.69 Å². The maximum atomic E-state index is 14.1. The van der Waals surface area contributed by atoms with E-state index in [0.29, 0.717) is 18.2 Å². The number of aromatic nitrogens is 2. The lowest BCUT2D eigenvalue weighted by Crippen LogP contribution is -2.26. The van der Waals surface area contributed by atoms with Crippen LogP contribution in [0, 0.1) is 19.7 Å². The Bertz CT molecular complexity index is 889. The Balaban J connectivity index is 1.79. The SMILES string of the molecule is Cc1ccc(-n2ccc(OCc3c(C)cccc3N(C)N)n2)c(F)c1. The number of hydrogen-bond donors (Lipinski definition) is 1. The van der Waals surface area contributed by atoms with E-state index in [1.807, 2.05) is 38.1 Å². The molecule has 0 aliphatic rings. The van der Waals surface area contributed by atoms with Crippen molar-refractivity contribution in [2.45, 2.75) is 20.5 Å². The van der Waals surface area contributed by atoms with Crippen LogP contribution in [-0.2, 0) is 6.61 Å². The number of nitrogens with two attached hydrogens (primary N) is 1. The summed E-state index contributed by atoms with van der Waals surface area (Å²) in [4.78, 5) is 0. The third-order valence-electron chi connectivity index (χ3n) is 4.04. The smallest absolute Gasteiger partial charge is 0.233 e. The fourth-order valence-electron chi connectivity index (χ4n) is 2.67. The maximum absolute atomic E-state index is 14.1. The Kier molecular flexibility index (Phi) is 4.72. The minimum atomic E-state index is -0.319. The van der Waals surface area contributed by atoms with E-state index >= 15 is 0 Å². The summed E-state index contributed by atoms with van der Waals surface area (Å²) in [5, 5.41) is 5.86. The predicted octanol–water partition coefficient (Wildman–Crippen LogP) is 3.52. The van der Waals surface area contributed by atoms with E-state index in [2.05, 4.69) is 5.10 Å². The lowest BCUT2D eigenvalue weighted by Gasteiger charge is -2.18. The van der Waals surface area contributed by atoms with Crippen LogP contribution in [0.15, 0.2) is 48.7 Å². The summed E-state index contributed by atoms with van der Waals surface area (Å²) in [5.74, 6) is 5.98. The van der Waals surface area contributed by atoms with E-state index in [9.17, 15) is 4.39 Å². The van der Waals surface area contributed by atoms with Crippen LogP contribution in [-0.4, -0.2) is 16.8 Å². The molecular formula is C19H21FN4O. The van der Waals surface area contributed by atoms with Gasteiger partial charge in [-0.25, -0.2) is 14.9 Å². The second kappa shape index (κ2) is 6.94. The van der Waals surface area contributed by atoms with Crippen molar-refractivity contribution in [3.63, 3.8) is 0 Å². The normalized spacial score (nSPS) is 10.8. The third kappa shape index (κ3) is 3.64. The highest BCUT2D eigenvalue weighted by Crippen LogP contribution is 2.23.